The van der Waals surface area contributed by atoms with Gasteiger partial charge in [-0.05, 0) is 29.0 Å². The van der Waals surface area contributed by atoms with Crippen LogP contribution in [0.3, 0.4) is 0 Å². The Bertz CT molecular complexity index is 1270. The zero-order valence-electron chi connectivity index (χ0n) is 18.0. The normalized spacial score (nSPS) is 14.8. The lowest BCUT2D eigenvalue weighted by atomic mass is 9.82. The molecule has 4 aromatic rings. The second kappa shape index (κ2) is 7.58. The molecule has 31 heavy (non-hydrogen) atoms. The number of nitrogen functional groups attached to an aromatic ring is 1. The van der Waals surface area contributed by atoms with Gasteiger partial charge in [0.1, 0.15) is 17.1 Å². The van der Waals surface area contributed by atoms with Gasteiger partial charge in [0, 0.05) is 10.9 Å². The molecule has 0 saturated heterocycles. The van der Waals surface area contributed by atoms with Crippen LogP contribution >= 0.6 is 0 Å². The molecule has 0 radical (unpaired) electrons. The topological polar surface area (TPSA) is 61.2 Å². The number of methoxy groups -OCH3 is 1. The molecule has 5 rings (SSSR count). The van der Waals surface area contributed by atoms with Gasteiger partial charge in [0.2, 0.25) is 12.1 Å². The number of aromatic nitrogens is 2. The maximum Gasteiger partial charge on any atom is 0.306 e. The van der Waals surface area contributed by atoms with Crippen molar-refractivity contribution in [2.75, 3.05) is 12.8 Å². The second-order valence-electron chi connectivity index (χ2n) is 8.41. The van der Waals surface area contributed by atoms with E-state index in [9.17, 15) is 0 Å². The summed E-state index contributed by atoms with van der Waals surface area (Å²) in [4.78, 5) is 4.68. The Morgan fingerprint density at radius 3 is 2.58 bits per heavy atom. The lowest BCUT2D eigenvalue weighted by Gasteiger charge is -2.28. The number of benzene rings is 3. The predicted octanol–water partition coefficient (Wildman–Crippen LogP) is 5.06. The highest BCUT2D eigenvalue weighted by Gasteiger charge is 2.37. The van der Waals surface area contributed by atoms with Crippen molar-refractivity contribution >= 4 is 16.6 Å². The Morgan fingerprint density at radius 1 is 1.06 bits per heavy atom. The molecule has 0 spiro atoms. The molecule has 156 valence electrons. The molecule has 0 unspecified atom stereocenters. The first-order valence-corrected chi connectivity index (χ1v) is 10.6. The molecular weight excluding hydrogens is 386 g/mol. The third-order valence-corrected chi connectivity index (χ3v) is 5.85. The summed E-state index contributed by atoms with van der Waals surface area (Å²) in [6.45, 7) is 5.14. The minimum Gasteiger partial charge on any atom is -0.497 e. The Labute approximate surface area is 182 Å². The van der Waals surface area contributed by atoms with Crippen LogP contribution in [0.25, 0.3) is 10.8 Å². The molecule has 5 heteroatoms. The maximum absolute atomic E-state index is 6.72. The Kier molecular flexibility index (Phi) is 4.74. The highest BCUT2D eigenvalue weighted by molar-refractivity contribution is 5.91. The summed E-state index contributed by atoms with van der Waals surface area (Å²) < 4.78 is 13.8. The van der Waals surface area contributed by atoms with E-state index in [1.807, 2.05) is 28.8 Å². The van der Waals surface area contributed by atoms with E-state index >= 15 is 0 Å². The van der Waals surface area contributed by atoms with Gasteiger partial charge >= 0.3 is 5.88 Å². The van der Waals surface area contributed by atoms with Crippen LogP contribution in [0.4, 0.5) is 5.82 Å². The van der Waals surface area contributed by atoms with Crippen molar-refractivity contribution in [2.45, 2.75) is 26.3 Å². The fourth-order valence-corrected chi connectivity index (χ4v) is 4.41. The summed E-state index contributed by atoms with van der Waals surface area (Å²) in [5.74, 6) is 3.30. The van der Waals surface area contributed by atoms with E-state index in [0.29, 0.717) is 17.6 Å². The van der Waals surface area contributed by atoms with Crippen molar-refractivity contribution < 1.29 is 14.0 Å². The van der Waals surface area contributed by atoms with Crippen LogP contribution in [0.15, 0.2) is 67.0 Å². The van der Waals surface area contributed by atoms with Crippen LogP contribution in [0.1, 0.15) is 36.5 Å². The molecule has 2 N–H and O–H groups in total. The number of nitrogens with zero attached hydrogens (tertiary/aromatic N) is 2. The van der Waals surface area contributed by atoms with Crippen LogP contribution in [-0.4, -0.2) is 12.1 Å². The van der Waals surface area contributed by atoms with Crippen LogP contribution in [-0.2, 0) is 6.54 Å². The van der Waals surface area contributed by atoms with Crippen molar-refractivity contribution in [2.24, 2.45) is 5.92 Å². The first-order valence-electron chi connectivity index (χ1n) is 10.6. The van der Waals surface area contributed by atoms with E-state index in [1.54, 1.807) is 13.4 Å². The van der Waals surface area contributed by atoms with Crippen LogP contribution in [0, 0.1) is 5.92 Å². The van der Waals surface area contributed by atoms with Crippen molar-refractivity contribution in [3.05, 3.63) is 83.7 Å². The highest BCUT2D eigenvalue weighted by atomic mass is 16.5. The lowest BCUT2D eigenvalue weighted by Crippen LogP contribution is -2.41. The maximum atomic E-state index is 6.72. The number of anilines is 1. The van der Waals surface area contributed by atoms with Gasteiger partial charge in [-0.1, -0.05) is 67.4 Å². The molecule has 2 heterocycles. The molecule has 0 saturated carbocycles. The predicted molar refractivity (Wildman–Crippen MR) is 122 cm³/mol. The van der Waals surface area contributed by atoms with E-state index in [1.165, 1.54) is 0 Å². The molecule has 0 fully saturated rings. The first kappa shape index (κ1) is 19.4. The van der Waals surface area contributed by atoms with Crippen LogP contribution < -0.4 is 19.8 Å². The molecule has 1 aliphatic rings. The minimum absolute atomic E-state index is 0.0821. The quantitative estimate of drug-likeness (QED) is 0.419. The fraction of sp³-hybridized carbons (Fsp3) is 0.231. The summed E-state index contributed by atoms with van der Waals surface area (Å²) in [5.41, 5.74) is 9.85. The number of ether oxygens (including phenoxy) is 2. The van der Waals surface area contributed by atoms with Gasteiger partial charge in [0.25, 0.3) is 0 Å². The highest BCUT2D eigenvalue weighted by Crippen LogP contribution is 2.50. The Morgan fingerprint density at radius 2 is 1.84 bits per heavy atom. The van der Waals surface area contributed by atoms with Crippen molar-refractivity contribution in [1.82, 2.24) is 4.98 Å². The summed E-state index contributed by atoms with van der Waals surface area (Å²) in [6, 6.07) is 20.7. The molecule has 5 nitrogen and oxygen atoms in total. The fourth-order valence-electron chi connectivity index (χ4n) is 4.41. The molecule has 1 aliphatic heterocycles. The van der Waals surface area contributed by atoms with Gasteiger partial charge in [0.15, 0.2) is 0 Å². The number of hydrogen-bond donors (Lipinski definition) is 1. The average Bonchev–Trinajstić information content (AvgIpc) is 2.79. The molecular formula is C26H26N3O2+. The van der Waals surface area contributed by atoms with Gasteiger partial charge < -0.3 is 15.2 Å². The van der Waals surface area contributed by atoms with Crippen molar-refractivity contribution in [3.63, 3.8) is 0 Å². The lowest BCUT2D eigenvalue weighted by molar-refractivity contribution is -0.691. The largest absolute Gasteiger partial charge is 0.497 e. The Balaban J connectivity index is 1.77. The second-order valence-corrected chi connectivity index (χ2v) is 8.41. The standard InChI is InChI=1S/C26H25N3O2/c1-16(2)14-29-15-28-26-23(25(29)27)22(18-8-11-19(30-3)12-9-18)21-13-10-17-6-4-5-7-20(17)24(21)31-26/h4-13,15-16,22,27H,14H2,1-3H3/p+1/t22-/m0/s1. The average molecular weight is 413 g/mol. The summed E-state index contributed by atoms with van der Waals surface area (Å²) in [7, 11) is 1.68. The zero-order chi connectivity index (χ0) is 21.5. The summed E-state index contributed by atoms with van der Waals surface area (Å²) >= 11 is 0. The van der Waals surface area contributed by atoms with E-state index in [-0.39, 0.29) is 5.92 Å². The number of hydrogen-bond acceptors (Lipinski definition) is 4. The van der Waals surface area contributed by atoms with E-state index in [4.69, 9.17) is 15.2 Å². The van der Waals surface area contributed by atoms with Gasteiger partial charge in [-0.2, -0.15) is 0 Å². The third-order valence-electron chi connectivity index (χ3n) is 5.85. The molecule has 0 aliphatic carbocycles. The zero-order valence-corrected chi connectivity index (χ0v) is 18.0. The smallest absolute Gasteiger partial charge is 0.306 e. The monoisotopic (exact) mass is 412 g/mol. The van der Waals surface area contributed by atoms with E-state index in [0.717, 1.165) is 45.5 Å². The van der Waals surface area contributed by atoms with Crippen LogP contribution in [0.5, 0.6) is 17.4 Å². The van der Waals surface area contributed by atoms with Gasteiger partial charge in [-0.3, -0.25) is 0 Å². The molecule has 1 atom stereocenters. The number of nitrogens with two attached hydrogens (primary N) is 1. The minimum atomic E-state index is -0.0821. The molecule has 0 amide bonds. The molecule has 3 aromatic carbocycles. The van der Waals surface area contributed by atoms with Gasteiger partial charge in [0.05, 0.1) is 19.6 Å². The summed E-state index contributed by atoms with van der Waals surface area (Å²) in [5, 5.41) is 2.21. The summed E-state index contributed by atoms with van der Waals surface area (Å²) in [6.07, 6.45) is 1.79. The molecule has 1 aromatic heterocycles. The van der Waals surface area contributed by atoms with Crippen molar-refractivity contribution in [1.29, 1.82) is 0 Å². The van der Waals surface area contributed by atoms with Gasteiger partial charge in [-0.15, -0.1) is 0 Å². The van der Waals surface area contributed by atoms with Gasteiger partial charge in [-0.25, -0.2) is 4.57 Å². The van der Waals surface area contributed by atoms with Crippen molar-refractivity contribution in [3.8, 4) is 17.4 Å². The SMILES string of the molecule is COc1ccc([C@H]2c3ccc4ccccc4c3Oc3nc[n+](CC(C)C)c(N)c32)cc1. The third kappa shape index (κ3) is 3.26. The number of fused-ring (bicyclic) bond motifs is 4. The van der Waals surface area contributed by atoms with E-state index < -0.39 is 0 Å². The Hall–Kier alpha value is -3.60. The van der Waals surface area contributed by atoms with E-state index in [2.05, 4.69) is 55.2 Å². The number of rotatable bonds is 4. The molecule has 0 bridgehead atoms. The van der Waals surface area contributed by atoms with Crippen LogP contribution in [0.2, 0.25) is 0 Å². The first-order chi connectivity index (χ1) is 15.1.